The molecule has 3 aromatic rings. The van der Waals surface area contributed by atoms with Gasteiger partial charge < -0.3 is 5.32 Å². The first-order valence-electron chi connectivity index (χ1n) is 9.04. The van der Waals surface area contributed by atoms with E-state index in [1.165, 1.54) is 18.6 Å². The summed E-state index contributed by atoms with van der Waals surface area (Å²) in [7, 11) is 0. The molecule has 1 heterocycles. The van der Waals surface area contributed by atoms with E-state index in [1.54, 1.807) is 24.3 Å². The number of aromatic nitrogens is 2. The van der Waals surface area contributed by atoms with Crippen LogP contribution in [0.25, 0.3) is 0 Å². The van der Waals surface area contributed by atoms with Crippen LogP contribution in [-0.4, -0.2) is 27.3 Å². The maximum absolute atomic E-state index is 13.3. The third-order valence-electron chi connectivity index (χ3n) is 3.51. The molecule has 0 radical (unpaired) electrons. The quantitative estimate of drug-likeness (QED) is 0.306. The summed E-state index contributed by atoms with van der Waals surface area (Å²) in [6, 6.07) is 10.6. The highest BCUT2D eigenvalue weighted by Crippen LogP contribution is 2.23. The van der Waals surface area contributed by atoms with Crippen molar-refractivity contribution in [2.75, 3.05) is 5.32 Å². The zero-order valence-corrected chi connectivity index (χ0v) is 17.4. The summed E-state index contributed by atoms with van der Waals surface area (Å²) >= 11 is 5.71. The van der Waals surface area contributed by atoms with Gasteiger partial charge >= 0.3 is 0 Å². The molecule has 0 fully saturated rings. The third kappa shape index (κ3) is 6.10. The normalized spacial score (nSPS) is 10.8. The van der Waals surface area contributed by atoms with Gasteiger partial charge in [-0.05, 0) is 47.6 Å². The van der Waals surface area contributed by atoms with Crippen molar-refractivity contribution >= 4 is 34.8 Å². The van der Waals surface area contributed by atoms with Gasteiger partial charge in [0, 0.05) is 5.56 Å². The molecule has 3 rings (SSSR count). The number of hydrogen-bond acceptors (Lipinski definition) is 6. The van der Waals surface area contributed by atoms with Gasteiger partial charge in [0.05, 0.1) is 10.7 Å². The minimum Gasteiger partial charge on any atom is -0.302 e. The van der Waals surface area contributed by atoms with Gasteiger partial charge in [0.25, 0.3) is 5.91 Å². The average Bonchev–Trinajstić information content (AvgIpc) is 3.17. The maximum atomic E-state index is 13.3. The Morgan fingerprint density at radius 3 is 2.47 bits per heavy atom. The lowest BCUT2D eigenvalue weighted by Crippen LogP contribution is -2.23. The van der Waals surface area contributed by atoms with Crippen LogP contribution in [0.3, 0.4) is 0 Å². The fourth-order valence-electron chi connectivity index (χ4n) is 2.13. The Morgan fingerprint density at radius 1 is 1.20 bits per heavy atom. The Kier molecular flexibility index (Phi) is 8.45. The number of carbonyl (C=O) groups is 1. The Bertz CT molecular complexity index is 1020. The number of anilines is 1. The van der Waals surface area contributed by atoms with Crippen LogP contribution in [0, 0.1) is 12.7 Å². The molecule has 0 aliphatic heterocycles. The molecular formula is C20H21ClFN5O3. The number of hydrogen-bond donors (Lipinski definition) is 3. The van der Waals surface area contributed by atoms with Crippen molar-refractivity contribution in [1.82, 2.24) is 15.8 Å². The van der Waals surface area contributed by atoms with Crippen LogP contribution in [-0.2, 0) is 0 Å². The molecule has 0 atom stereocenters. The molecule has 0 bridgehead atoms. The molecule has 3 N–H and O–H groups in total. The summed E-state index contributed by atoms with van der Waals surface area (Å²) in [6.07, 6.45) is 1.25. The van der Waals surface area contributed by atoms with Gasteiger partial charge in [0.1, 0.15) is 5.82 Å². The van der Waals surface area contributed by atoms with Crippen LogP contribution in [0.4, 0.5) is 15.9 Å². The minimum atomic E-state index is -0.608. The highest BCUT2D eigenvalue weighted by atomic mass is 35.5. The van der Waals surface area contributed by atoms with Gasteiger partial charge in [-0.3, -0.25) is 15.5 Å². The highest BCUT2D eigenvalue weighted by Gasteiger charge is 2.19. The van der Waals surface area contributed by atoms with Crippen LogP contribution >= 0.6 is 11.6 Å². The summed E-state index contributed by atoms with van der Waals surface area (Å²) in [5.74, 6) is -1.30. The van der Waals surface area contributed by atoms with Crippen molar-refractivity contribution in [3.63, 3.8) is 0 Å². The summed E-state index contributed by atoms with van der Waals surface area (Å²) < 4.78 is 17.9. The molecule has 2 aromatic carbocycles. The van der Waals surface area contributed by atoms with E-state index >= 15 is 0 Å². The average molecular weight is 434 g/mol. The number of nitrogens with one attached hydrogen (secondary N) is 2. The molecule has 0 aliphatic rings. The van der Waals surface area contributed by atoms with E-state index in [4.69, 9.17) is 11.6 Å². The topological polar surface area (TPSA) is 113 Å². The van der Waals surface area contributed by atoms with Gasteiger partial charge in [-0.1, -0.05) is 49.6 Å². The van der Waals surface area contributed by atoms with Crippen LogP contribution in [0.15, 0.2) is 52.1 Å². The fraction of sp³-hybridized carbons (Fsp3) is 0.200. The fourth-order valence-corrected chi connectivity index (χ4v) is 2.30. The molecule has 0 saturated heterocycles. The number of halogens is 2. The lowest BCUT2D eigenvalue weighted by Gasteiger charge is -2.05. The number of aryl methyl sites for hydroxylation is 1. The van der Waals surface area contributed by atoms with Crippen molar-refractivity contribution in [2.24, 2.45) is 4.99 Å². The zero-order valence-electron chi connectivity index (χ0n) is 16.6. The SMILES string of the molecule is CCC.Cc1ccc(C(=O)Nc2nonc2C(=Nc2ccc(F)c(Cl)c2)NO)cc1. The van der Waals surface area contributed by atoms with Crippen molar-refractivity contribution in [1.29, 1.82) is 0 Å². The van der Waals surface area contributed by atoms with Crippen molar-refractivity contribution in [3.8, 4) is 0 Å². The molecule has 0 spiro atoms. The number of nitrogens with zero attached hydrogens (tertiary/aromatic N) is 3. The second kappa shape index (κ2) is 11.0. The molecular weight excluding hydrogens is 413 g/mol. The van der Waals surface area contributed by atoms with E-state index in [0.29, 0.717) is 5.56 Å². The highest BCUT2D eigenvalue weighted by molar-refractivity contribution is 6.31. The van der Waals surface area contributed by atoms with E-state index < -0.39 is 11.7 Å². The lowest BCUT2D eigenvalue weighted by atomic mass is 10.1. The van der Waals surface area contributed by atoms with Crippen LogP contribution in [0.2, 0.25) is 5.02 Å². The largest absolute Gasteiger partial charge is 0.302 e. The number of rotatable bonds is 4. The number of carbonyl (C=O) groups excluding carboxylic acids is 1. The number of benzene rings is 2. The number of hydroxylamine groups is 1. The first kappa shape index (κ1) is 23.0. The van der Waals surface area contributed by atoms with Gasteiger partial charge in [-0.15, -0.1) is 0 Å². The molecule has 0 saturated carbocycles. The number of aliphatic imine (C=N–C) groups is 1. The Balaban J connectivity index is 0.00000101. The molecule has 8 nitrogen and oxygen atoms in total. The molecule has 0 aliphatic carbocycles. The van der Waals surface area contributed by atoms with Gasteiger partial charge in [0.15, 0.2) is 11.5 Å². The number of amides is 1. The Hall–Kier alpha value is -3.30. The second-order valence-electron chi connectivity index (χ2n) is 6.16. The first-order chi connectivity index (χ1) is 14.4. The summed E-state index contributed by atoms with van der Waals surface area (Å²) in [6.45, 7) is 6.15. The maximum Gasteiger partial charge on any atom is 0.256 e. The van der Waals surface area contributed by atoms with Crippen molar-refractivity contribution < 1.29 is 19.0 Å². The number of amidine groups is 1. The summed E-state index contributed by atoms with van der Waals surface area (Å²) in [5.41, 5.74) is 3.43. The van der Waals surface area contributed by atoms with E-state index in [2.05, 4.69) is 39.1 Å². The molecule has 0 unspecified atom stereocenters. The van der Waals surface area contributed by atoms with Crippen LogP contribution in [0.1, 0.15) is 41.9 Å². The smallest absolute Gasteiger partial charge is 0.256 e. The molecule has 30 heavy (non-hydrogen) atoms. The first-order valence-corrected chi connectivity index (χ1v) is 9.42. The van der Waals surface area contributed by atoms with Gasteiger partial charge in [-0.2, -0.15) is 0 Å². The summed E-state index contributed by atoms with van der Waals surface area (Å²) in [4.78, 5) is 16.4. The Labute approximate surface area is 177 Å². The van der Waals surface area contributed by atoms with Gasteiger partial charge in [0.2, 0.25) is 5.82 Å². The second-order valence-corrected chi connectivity index (χ2v) is 6.57. The van der Waals surface area contributed by atoms with Gasteiger partial charge in [-0.25, -0.2) is 14.0 Å². The van der Waals surface area contributed by atoms with E-state index in [1.807, 2.05) is 12.4 Å². The molecule has 158 valence electrons. The standard InChI is InChI=1S/C17H13ClFN5O3.C3H8/c1-9-2-4-10(5-3-9)17(25)21-16-14(23-27-24-16)15(22-26)20-11-6-7-13(19)12(18)8-11;1-3-2/h2-8,26H,1H3,(H,20,22)(H,21,24,25);3H2,1-2H3. The Morgan fingerprint density at radius 2 is 1.87 bits per heavy atom. The minimum absolute atomic E-state index is 0.0570. The van der Waals surface area contributed by atoms with E-state index in [9.17, 15) is 14.4 Å². The molecule has 1 amide bonds. The van der Waals surface area contributed by atoms with Crippen LogP contribution in [0.5, 0.6) is 0 Å². The monoisotopic (exact) mass is 433 g/mol. The van der Waals surface area contributed by atoms with E-state index in [-0.39, 0.29) is 28.1 Å². The van der Waals surface area contributed by atoms with Crippen LogP contribution < -0.4 is 10.8 Å². The van der Waals surface area contributed by atoms with Crippen molar-refractivity contribution in [2.45, 2.75) is 27.2 Å². The summed E-state index contributed by atoms with van der Waals surface area (Å²) in [5, 5.41) is 19.0. The molecule has 1 aromatic heterocycles. The predicted octanol–water partition coefficient (Wildman–Crippen LogP) is 4.90. The zero-order chi connectivity index (χ0) is 22.1. The van der Waals surface area contributed by atoms with E-state index in [0.717, 1.165) is 11.6 Å². The van der Waals surface area contributed by atoms with Crippen molar-refractivity contribution in [3.05, 3.63) is 70.1 Å². The molecule has 10 heteroatoms. The predicted molar refractivity (Wildman–Crippen MR) is 112 cm³/mol. The third-order valence-corrected chi connectivity index (χ3v) is 3.80. The lowest BCUT2D eigenvalue weighted by molar-refractivity contribution is 0.102.